The van der Waals surface area contributed by atoms with Gasteiger partial charge in [0.15, 0.2) is 5.82 Å². The minimum absolute atomic E-state index is 0.650. The molecule has 0 spiro atoms. The Kier molecular flexibility index (Phi) is 3.98. The Morgan fingerprint density at radius 2 is 1.91 bits per heavy atom. The van der Waals surface area contributed by atoms with Crippen LogP contribution in [0.1, 0.15) is 36.9 Å². The van der Waals surface area contributed by atoms with Gasteiger partial charge >= 0.3 is 0 Å². The third kappa shape index (κ3) is 2.83. The highest BCUT2D eigenvalue weighted by Gasteiger charge is 2.38. The highest BCUT2D eigenvalue weighted by atomic mass is 15.3. The van der Waals surface area contributed by atoms with Gasteiger partial charge in [-0.2, -0.15) is 5.26 Å². The van der Waals surface area contributed by atoms with Crippen molar-refractivity contribution in [2.45, 2.75) is 38.3 Å². The number of anilines is 1. The smallest absolute Gasteiger partial charge is 0.185 e. The molecule has 0 radical (unpaired) electrons. The van der Waals surface area contributed by atoms with Crippen molar-refractivity contribution in [2.75, 3.05) is 11.4 Å². The van der Waals surface area contributed by atoms with E-state index in [0.29, 0.717) is 18.2 Å². The average Bonchev–Trinajstić information content (AvgIpc) is 3.62. The van der Waals surface area contributed by atoms with Gasteiger partial charge in [-0.05, 0) is 61.1 Å². The molecule has 1 saturated heterocycles. The second-order valence-electron chi connectivity index (χ2n) is 9.33. The standard InChI is InChI=1S/C26H23N7/c27-13-17-4-6-18(7-5-17)20-12-24-26-30-28-16-33(26)23-8-9-25(29-21(23)15-31(24)14-20)32-11-10-19-2-1-3-22(19)32/h4-9,12,14,16,19,22H,1-3,10-11,15H2/t19-,22+/m1/s1. The monoisotopic (exact) mass is 433 g/mol. The Balaban J connectivity index is 1.31. The number of hydrogen-bond donors (Lipinski definition) is 0. The molecule has 0 bridgehead atoms. The summed E-state index contributed by atoms with van der Waals surface area (Å²) in [6.07, 6.45) is 9.21. The van der Waals surface area contributed by atoms with Gasteiger partial charge in [0.2, 0.25) is 0 Å². The lowest BCUT2D eigenvalue weighted by molar-refractivity contribution is 0.540. The minimum atomic E-state index is 0.650. The van der Waals surface area contributed by atoms with Crippen molar-refractivity contribution in [3.63, 3.8) is 0 Å². The van der Waals surface area contributed by atoms with Crippen molar-refractivity contribution >= 4 is 5.82 Å². The molecule has 3 aliphatic rings. The summed E-state index contributed by atoms with van der Waals surface area (Å²) >= 11 is 0. The van der Waals surface area contributed by atoms with E-state index in [0.717, 1.165) is 52.3 Å². The van der Waals surface area contributed by atoms with E-state index in [4.69, 9.17) is 10.2 Å². The van der Waals surface area contributed by atoms with Crippen molar-refractivity contribution in [1.29, 1.82) is 5.26 Å². The molecule has 5 heterocycles. The van der Waals surface area contributed by atoms with Crippen LogP contribution in [0.2, 0.25) is 0 Å². The predicted octanol–water partition coefficient (Wildman–Crippen LogP) is 4.41. The Morgan fingerprint density at radius 3 is 2.79 bits per heavy atom. The predicted molar refractivity (Wildman–Crippen MR) is 125 cm³/mol. The summed E-state index contributed by atoms with van der Waals surface area (Å²) in [7, 11) is 0. The molecule has 2 fully saturated rings. The molecule has 7 nitrogen and oxygen atoms in total. The van der Waals surface area contributed by atoms with Crippen LogP contribution >= 0.6 is 0 Å². The van der Waals surface area contributed by atoms with Gasteiger partial charge in [-0.25, -0.2) is 4.98 Å². The van der Waals surface area contributed by atoms with E-state index in [-0.39, 0.29) is 0 Å². The summed E-state index contributed by atoms with van der Waals surface area (Å²) in [5, 5.41) is 17.8. The van der Waals surface area contributed by atoms with Gasteiger partial charge in [-0.1, -0.05) is 18.6 Å². The number of fused-ring (bicyclic) bond motifs is 6. The minimum Gasteiger partial charge on any atom is -0.353 e. The fourth-order valence-corrected chi connectivity index (χ4v) is 5.97. The number of hydrogen-bond acceptors (Lipinski definition) is 5. The first-order valence-electron chi connectivity index (χ1n) is 11.7. The Morgan fingerprint density at radius 1 is 1.00 bits per heavy atom. The zero-order valence-electron chi connectivity index (χ0n) is 18.2. The maximum absolute atomic E-state index is 9.11. The zero-order valence-corrected chi connectivity index (χ0v) is 18.2. The summed E-state index contributed by atoms with van der Waals surface area (Å²) in [6.45, 7) is 1.79. The molecule has 7 heteroatoms. The third-order valence-electron chi connectivity index (χ3n) is 7.59. The molecule has 0 amide bonds. The van der Waals surface area contributed by atoms with Crippen molar-refractivity contribution in [3.8, 4) is 34.4 Å². The number of nitriles is 1. The molecule has 1 aromatic carbocycles. The third-order valence-corrected chi connectivity index (χ3v) is 7.59. The van der Waals surface area contributed by atoms with Crippen LogP contribution in [0.15, 0.2) is 55.0 Å². The SMILES string of the molecule is N#Cc1ccc(-c2cc3n(c2)Cc2nc(N4CC[C@H]5CCC[C@@H]54)ccc2-n2cnnc2-3)cc1. The van der Waals surface area contributed by atoms with Gasteiger partial charge in [0.05, 0.1) is 35.3 Å². The fourth-order valence-electron chi connectivity index (χ4n) is 5.97. The molecular weight excluding hydrogens is 410 g/mol. The van der Waals surface area contributed by atoms with Crippen molar-refractivity contribution in [3.05, 3.63) is 66.2 Å². The van der Waals surface area contributed by atoms with E-state index in [1.807, 2.05) is 24.3 Å². The molecule has 2 aliphatic heterocycles. The number of pyridine rings is 1. The number of aromatic nitrogens is 5. The van der Waals surface area contributed by atoms with E-state index < -0.39 is 0 Å². The Labute approximate surface area is 191 Å². The van der Waals surface area contributed by atoms with Gasteiger partial charge in [0, 0.05) is 24.3 Å². The summed E-state index contributed by atoms with van der Waals surface area (Å²) in [6, 6.07) is 17.0. The second kappa shape index (κ2) is 7.04. The average molecular weight is 434 g/mol. The normalized spacial score (nSPS) is 20.5. The van der Waals surface area contributed by atoms with Crippen molar-refractivity contribution in [2.24, 2.45) is 5.92 Å². The highest BCUT2D eigenvalue weighted by Crippen LogP contribution is 2.40. The summed E-state index contributed by atoms with van der Waals surface area (Å²) in [5.74, 6) is 2.75. The molecule has 1 saturated carbocycles. The van der Waals surface area contributed by atoms with Gasteiger partial charge in [-0.3, -0.25) is 4.57 Å². The molecule has 2 atom stereocenters. The summed E-state index contributed by atoms with van der Waals surface area (Å²) in [4.78, 5) is 7.73. The van der Waals surface area contributed by atoms with E-state index in [2.05, 4.69) is 54.7 Å². The lowest BCUT2D eigenvalue weighted by Crippen LogP contribution is -2.30. The van der Waals surface area contributed by atoms with Crippen LogP contribution in [0, 0.1) is 17.2 Å². The Hall–Kier alpha value is -3.92. The first kappa shape index (κ1) is 18.6. The molecule has 1 aliphatic carbocycles. The highest BCUT2D eigenvalue weighted by molar-refractivity contribution is 5.71. The summed E-state index contributed by atoms with van der Waals surface area (Å²) in [5.41, 5.74) is 5.93. The van der Waals surface area contributed by atoms with Crippen LogP contribution in [0.4, 0.5) is 5.82 Å². The topological polar surface area (TPSA) is 75.6 Å². The first-order valence-corrected chi connectivity index (χ1v) is 11.7. The maximum atomic E-state index is 9.11. The largest absolute Gasteiger partial charge is 0.353 e. The van der Waals surface area contributed by atoms with Gasteiger partial charge in [0.1, 0.15) is 12.1 Å². The van der Waals surface area contributed by atoms with Gasteiger partial charge in [-0.15, -0.1) is 10.2 Å². The van der Waals surface area contributed by atoms with Crippen LogP contribution in [-0.4, -0.2) is 36.9 Å². The zero-order chi connectivity index (χ0) is 21.9. The molecular formula is C26H23N7. The van der Waals surface area contributed by atoms with E-state index >= 15 is 0 Å². The molecule has 3 aromatic heterocycles. The second-order valence-corrected chi connectivity index (χ2v) is 9.33. The number of nitrogens with zero attached hydrogens (tertiary/aromatic N) is 7. The van der Waals surface area contributed by atoms with Crippen LogP contribution in [0.5, 0.6) is 0 Å². The van der Waals surface area contributed by atoms with Gasteiger partial charge < -0.3 is 9.47 Å². The van der Waals surface area contributed by atoms with Crippen molar-refractivity contribution < 1.29 is 0 Å². The summed E-state index contributed by atoms with van der Waals surface area (Å²) < 4.78 is 4.27. The van der Waals surface area contributed by atoms with Crippen LogP contribution < -0.4 is 4.90 Å². The fraction of sp³-hybridized carbons (Fsp3) is 0.308. The van der Waals surface area contributed by atoms with Crippen LogP contribution in [-0.2, 0) is 6.54 Å². The lowest BCUT2D eigenvalue weighted by Gasteiger charge is -2.26. The first-order chi connectivity index (χ1) is 16.3. The molecule has 7 rings (SSSR count). The molecule has 4 aromatic rings. The van der Waals surface area contributed by atoms with E-state index in [1.54, 1.807) is 6.33 Å². The molecule has 33 heavy (non-hydrogen) atoms. The maximum Gasteiger partial charge on any atom is 0.185 e. The number of benzene rings is 1. The Bertz CT molecular complexity index is 1410. The van der Waals surface area contributed by atoms with Crippen LogP contribution in [0.3, 0.4) is 0 Å². The quantitative estimate of drug-likeness (QED) is 0.412. The van der Waals surface area contributed by atoms with E-state index in [9.17, 15) is 0 Å². The van der Waals surface area contributed by atoms with Crippen molar-refractivity contribution in [1.82, 2.24) is 24.3 Å². The molecule has 0 N–H and O–H groups in total. The molecule has 0 unspecified atom stereocenters. The van der Waals surface area contributed by atoms with E-state index in [1.165, 1.54) is 25.7 Å². The number of rotatable bonds is 2. The molecule has 162 valence electrons. The van der Waals surface area contributed by atoms with Crippen LogP contribution in [0.25, 0.3) is 28.3 Å². The lowest BCUT2D eigenvalue weighted by atomic mass is 10.0. The van der Waals surface area contributed by atoms with Gasteiger partial charge in [0.25, 0.3) is 0 Å².